The summed E-state index contributed by atoms with van der Waals surface area (Å²) in [6, 6.07) is 18.8. The van der Waals surface area contributed by atoms with Crippen molar-refractivity contribution in [2.75, 3.05) is 12.4 Å². The first-order valence-electron chi connectivity index (χ1n) is 9.76. The first-order valence-corrected chi connectivity index (χ1v) is 13.6. The van der Waals surface area contributed by atoms with Crippen molar-refractivity contribution in [3.8, 4) is 0 Å². The van der Waals surface area contributed by atoms with Crippen LogP contribution >= 0.6 is 14.4 Å². The van der Waals surface area contributed by atoms with Crippen LogP contribution in [0, 0.1) is 0 Å². The Labute approximate surface area is 163 Å². The van der Waals surface area contributed by atoms with Crippen molar-refractivity contribution in [2.24, 2.45) is 5.73 Å². The number of nitrogens with one attached hydrogen (secondary N) is 1. The molecule has 27 heavy (non-hydrogen) atoms. The Morgan fingerprint density at radius 1 is 0.889 bits per heavy atom. The van der Waals surface area contributed by atoms with E-state index in [2.05, 4.69) is 12.0 Å². The van der Waals surface area contributed by atoms with Gasteiger partial charge in [0.1, 0.15) is 0 Å². The van der Waals surface area contributed by atoms with Crippen molar-refractivity contribution >= 4 is 25.0 Å². The summed E-state index contributed by atoms with van der Waals surface area (Å²) < 4.78 is 28.2. The number of hydrogen-bond donors (Lipinski definition) is 2. The average molecular weight is 406 g/mol. The summed E-state index contributed by atoms with van der Waals surface area (Å²) >= 11 is 0. The van der Waals surface area contributed by atoms with Crippen LogP contribution in [-0.2, 0) is 9.13 Å². The lowest BCUT2D eigenvalue weighted by Gasteiger charge is -2.30. The van der Waals surface area contributed by atoms with Crippen LogP contribution in [0.2, 0.25) is 0 Å². The number of hydrogen-bond acceptors (Lipinski definition) is 3. The summed E-state index contributed by atoms with van der Waals surface area (Å²) in [5.41, 5.74) is 6.36. The summed E-state index contributed by atoms with van der Waals surface area (Å²) in [4.78, 5) is 0. The van der Waals surface area contributed by atoms with Crippen LogP contribution < -0.4 is 21.4 Å². The van der Waals surface area contributed by atoms with E-state index < -0.39 is 20.2 Å². The van der Waals surface area contributed by atoms with Crippen molar-refractivity contribution < 1.29 is 9.13 Å². The largest absolute Gasteiger partial charge is 0.320 e. The van der Waals surface area contributed by atoms with Gasteiger partial charge in [-0.1, -0.05) is 87.4 Å². The van der Waals surface area contributed by atoms with Crippen molar-refractivity contribution in [1.82, 2.24) is 5.09 Å². The predicted molar refractivity (Wildman–Crippen MR) is 118 cm³/mol. The molecule has 0 aliphatic heterocycles. The second-order valence-corrected chi connectivity index (χ2v) is 13.2. The van der Waals surface area contributed by atoms with E-state index >= 15 is 0 Å². The Kier molecular flexibility index (Phi) is 8.51. The second kappa shape index (κ2) is 10.4. The fourth-order valence-corrected chi connectivity index (χ4v) is 11.1. The maximum Gasteiger partial charge on any atom is 0.171 e. The van der Waals surface area contributed by atoms with Gasteiger partial charge in [-0.3, -0.25) is 5.09 Å². The van der Waals surface area contributed by atoms with Gasteiger partial charge >= 0.3 is 0 Å². The number of rotatable bonds is 11. The number of benzene rings is 2. The fourth-order valence-electron chi connectivity index (χ4n) is 3.17. The smallest absolute Gasteiger partial charge is 0.171 e. The normalized spacial score (nSPS) is 15.2. The van der Waals surface area contributed by atoms with E-state index in [9.17, 15) is 9.13 Å². The molecule has 0 fully saturated rings. The van der Waals surface area contributed by atoms with Crippen LogP contribution in [0.25, 0.3) is 0 Å². The summed E-state index contributed by atoms with van der Waals surface area (Å²) in [7, 11) is -6.12. The molecule has 2 aromatic rings. The highest BCUT2D eigenvalue weighted by molar-refractivity contribution is 7.88. The zero-order chi connectivity index (χ0) is 19.8. The van der Waals surface area contributed by atoms with Crippen molar-refractivity contribution in [3.63, 3.8) is 0 Å². The highest BCUT2D eigenvalue weighted by atomic mass is 31.2. The molecule has 0 saturated carbocycles. The first-order chi connectivity index (χ1) is 13.0. The molecule has 2 aromatic carbocycles. The lowest BCUT2D eigenvalue weighted by Crippen LogP contribution is -2.32. The Morgan fingerprint density at radius 3 is 1.85 bits per heavy atom. The Balaban J connectivity index is 2.47. The summed E-state index contributed by atoms with van der Waals surface area (Å²) in [5, 5.41) is 4.70. The third kappa shape index (κ3) is 5.65. The van der Waals surface area contributed by atoms with Gasteiger partial charge in [-0.05, 0) is 12.8 Å². The van der Waals surface area contributed by atoms with E-state index in [0.717, 1.165) is 29.9 Å². The van der Waals surface area contributed by atoms with Crippen LogP contribution in [0.15, 0.2) is 60.7 Å². The van der Waals surface area contributed by atoms with Crippen molar-refractivity contribution in [1.29, 1.82) is 0 Å². The quantitative estimate of drug-likeness (QED) is 0.419. The summed E-state index contributed by atoms with van der Waals surface area (Å²) in [6.07, 6.45) is 3.43. The molecule has 0 bridgehead atoms. The van der Waals surface area contributed by atoms with E-state index in [1.807, 2.05) is 67.6 Å². The van der Waals surface area contributed by atoms with Crippen LogP contribution in [0.1, 0.15) is 39.5 Å². The van der Waals surface area contributed by atoms with E-state index in [4.69, 9.17) is 5.73 Å². The SMILES string of the molecule is CCCCNP(=O)(CP(=O)(c1ccccc1)c1ccccc1)C(N)CCC. The molecule has 2 atom stereocenters. The zero-order valence-electron chi connectivity index (χ0n) is 16.4. The third-order valence-corrected chi connectivity index (χ3v) is 12.4. The minimum atomic E-state index is -3.08. The molecule has 2 unspecified atom stereocenters. The van der Waals surface area contributed by atoms with Gasteiger partial charge in [0.25, 0.3) is 0 Å². The Bertz CT molecular complexity index is 738. The van der Waals surface area contributed by atoms with Gasteiger partial charge in [-0.2, -0.15) is 0 Å². The van der Waals surface area contributed by atoms with Crippen LogP contribution in [0.3, 0.4) is 0 Å². The third-order valence-electron chi connectivity index (χ3n) is 4.79. The predicted octanol–water partition coefficient (Wildman–Crippen LogP) is 4.71. The highest BCUT2D eigenvalue weighted by Gasteiger charge is 2.39. The van der Waals surface area contributed by atoms with E-state index in [0.29, 0.717) is 13.0 Å². The highest BCUT2D eigenvalue weighted by Crippen LogP contribution is 2.60. The standard InChI is InChI=1S/C21H32N2O2P2/c1-3-5-17-23-27(25,21(22)12-4-2)18-26(24,19-13-8-6-9-14-19)20-15-10-7-11-16-20/h6-11,13-16,21H,3-5,12,17-18,22H2,1-2H3,(H,23,25). The number of nitrogens with two attached hydrogens (primary N) is 1. The average Bonchev–Trinajstić information content (AvgIpc) is 2.69. The molecule has 0 heterocycles. The van der Waals surface area contributed by atoms with Crippen molar-refractivity contribution in [3.05, 3.63) is 60.7 Å². The summed E-state index contributed by atoms with van der Waals surface area (Å²) in [6.45, 7) is 4.76. The minimum absolute atomic E-state index is 0.0822. The maximum atomic E-state index is 14.3. The molecule has 2 rings (SSSR count). The molecule has 0 spiro atoms. The summed E-state index contributed by atoms with van der Waals surface area (Å²) in [5.74, 6) is -0.404. The van der Waals surface area contributed by atoms with Crippen LogP contribution in [0.4, 0.5) is 0 Å². The lowest BCUT2D eigenvalue weighted by atomic mass is 10.3. The lowest BCUT2D eigenvalue weighted by molar-refractivity contribution is 0.545. The molecule has 148 valence electrons. The van der Waals surface area contributed by atoms with Crippen molar-refractivity contribution in [2.45, 2.75) is 45.3 Å². The second-order valence-electron chi connectivity index (χ2n) is 6.97. The van der Waals surface area contributed by atoms with E-state index in [1.165, 1.54) is 0 Å². The topological polar surface area (TPSA) is 72.2 Å². The molecule has 6 heteroatoms. The fraction of sp³-hybridized carbons (Fsp3) is 0.429. The Morgan fingerprint density at radius 2 is 1.41 bits per heavy atom. The molecule has 0 aliphatic carbocycles. The molecule has 3 N–H and O–H groups in total. The molecule has 4 nitrogen and oxygen atoms in total. The van der Waals surface area contributed by atoms with Gasteiger partial charge in [0.2, 0.25) is 0 Å². The molecule has 0 aliphatic rings. The monoisotopic (exact) mass is 406 g/mol. The van der Waals surface area contributed by atoms with Gasteiger partial charge in [0, 0.05) is 17.2 Å². The minimum Gasteiger partial charge on any atom is -0.320 e. The van der Waals surface area contributed by atoms with Gasteiger partial charge in [0.15, 0.2) is 14.4 Å². The number of unbranched alkanes of at least 4 members (excludes halogenated alkanes) is 1. The van der Waals surface area contributed by atoms with Crippen LogP contribution in [-0.4, -0.2) is 18.2 Å². The molecule has 0 saturated heterocycles. The molecular weight excluding hydrogens is 374 g/mol. The van der Waals surface area contributed by atoms with Gasteiger partial charge < -0.3 is 14.9 Å². The molecule has 0 amide bonds. The first kappa shape index (κ1) is 22.1. The molecule has 0 aromatic heterocycles. The van der Waals surface area contributed by atoms with Gasteiger partial charge in [-0.25, -0.2) is 0 Å². The van der Waals surface area contributed by atoms with Gasteiger partial charge in [-0.15, -0.1) is 0 Å². The zero-order valence-corrected chi connectivity index (χ0v) is 18.2. The van der Waals surface area contributed by atoms with Gasteiger partial charge in [0.05, 0.1) is 11.7 Å². The van der Waals surface area contributed by atoms with E-state index in [1.54, 1.807) is 0 Å². The van der Waals surface area contributed by atoms with Crippen LogP contribution in [0.5, 0.6) is 0 Å². The molecular formula is C21H32N2O2P2. The van der Waals surface area contributed by atoms with E-state index in [-0.39, 0.29) is 5.90 Å². The maximum absolute atomic E-state index is 14.3. The Hall–Kier alpha value is -1.18. The molecule has 0 radical (unpaired) electrons.